The van der Waals surface area contributed by atoms with Gasteiger partial charge in [-0.25, -0.2) is 4.98 Å². The van der Waals surface area contributed by atoms with Crippen LogP contribution in [-0.2, 0) is 4.79 Å². The summed E-state index contributed by atoms with van der Waals surface area (Å²) in [6, 6.07) is 3.57. The smallest absolute Gasteiger partial charge is 0.229 e. The number of nitrogen functional groups attached to an aromatic ring is 1. The first-order valence-corrected chi connectivity index (χ1v) is 6.54. The van der Waals surface area contributed by atoms with Gasteiger partial charge in [-0.15, -0.1) is 0 Å². The van der Waals surface area contributed by atoms with Crippen LogP contribution in [-0.4, -0.2) is 18.0 Å². The highest BCUT2D eigenvalue weighted by molar-refractivity contribution is 7.22. The topological polar surface area (TPSA) is 77.2 Å². The van der Waals surface area contributed by atoms with Gasteiger partial charge in [-0.05, 0) is 18.9 Å². The molecule has 18 heavy (non-hydrogen) atoms. The molecule has 6 heteroatoms. The van der Waals surface area contributed by atoms with Crippen LogP contribution in [0.15, 0.2) is 12.1 Å². The first-order valence-electron chi connectivity index (χ1n) is 5.72. The number of nitrogens with one attached hydrogen (secondary N) is 1. The Morgan fingerprint density at radius 2 is 2.33 bits per heavy atom. The molecule has 94 valence electrons. The van der Waals surface area contributed by atoms with Crippen molar-refractivity contribution in [1.82, 2.24) is 4.98 Å². The Morgan fingerprint density at radius 1 is 1.56 bits per heavy atom. The van der Waals surface area contributed by atoms with E-state index >= 15 is 0 Å². The SMILES string of the molecule is COc1cc(N)cc2sc(NC(=O)C3CC3)nc12. The Labute approximate surface area is 108 Å². The number of nitrogens with zero attached hydrogens (tertiary/aromatic N) is 1. The van der Waals surface area contributed by atoms with E-state index in [4.69, 9.17) is 10.5 Å². The van der Waals surface area contributed by atoms with Crippen LogP contribution in [0.3, 0.4) is 0 Å². The number of ether oxygens (including phenoxy) is 1. The van der Waals surface area contributed by atoms with Crippen molar-refractivity contribution in [2.24, 2.45) is 5.92 Å². The van der Waals surface area contributed by atoms with Crippen LogP contribution in [0.2, 0.25) is 0 Å². The number of fused-ring (bicyclic) bond motifs is 1. The van der Waals surface area contributed by atoms with Gasteiger partial charge in [-0.2, -0.15) is 0 Å². The number of rotatable bonds is 3. The highest BCUT2D eigenvalue weighted by Crippen LogP contribution is 2.36. The summed E-state index contributed by atoms with van der Waals surface area (Å²) in [5.41, 5.74) is 7.15. The Hall–Kier alpha value is -1.82. The molecule has 0 saturated heterocycles. The molecular weight excluding hydrogens is 250 g/mol. The van der Waals surface area contributed by atoms with E-state index in [1.165, 1.54) is 11.3 Å². The van der Waals surface area contributed by atoms with Crippen molar-refractivity contribution in [3.63, 3.8) is 0 Å². The molecule has 3 rings (SSSR count). The number of carbonyl (C=O) groups is 1. The molecule has 0 unspecified atom stereocenters. The van der Waals surface area contributed by atoms with Crippen molar-refractivity contribution in [2.45, 2.75) is 12.8 Å². The predicted molar refractivity (Wildman–Crippen MR) is 71.9 cm³/mol. The standard InChI is InChI=1S/C12H13N3O2S/c1-17-8-4-7(13)5-9-10(8)14-12(18-9)15-11(16)6-2-3-6/h4-6H,2-3,13H2,1H3,(H,14,15,16). The largest absolute Gasteiger partial charge is 0.494 e. The molecule has 1 aliphatic carbocycles. The fourth-order valence-corrected chi connectivity index (χ4v) is 2.72. The van der Waals surface area contributed by atoms with Crippen molar-refractivity contribution in [3.05, 3.63) is 12.1 Å². The first-order chi connectivity index (χ1) is 8.67. The number of amides is 1. The van der Waals surface area contributed by atoms with E-state index in [2.05, 4.69) is 10.3 Å². The van der Waals surface area contributed by atoms with Crippen molar-refractivity contribution in [2.75, 3.05) is 18.2 Å². The van der Waals surface area contributed by atoms with Crippen LogP contribution >= 0.6 is 11.3 Å². The molecular formula is C12H13N3O2S. The Balaban J connectivity index is 1.96. The third kappa shape index (κ3) is 1.99. The van der Waals surface area contributed by atoms with Gasteiger partial charge < -0.3 is 15.8 Å². The number of methoxy groups -OCH3 is 1. The van der Waals surface area contributed by atoms with Crippen LogP contribution in [0.25, 0.3) is 10.2 Å². The average Bonchev–Trinajstić information content (AvgIpc) is 3.10. The van der Waals surface area contributed by atoms with Gasteiger partial charge in [0.2, 0.25) is 5.91 Å². The maximum atomic E-state index is 11.7. The second-order valence-corrected chi connectivity index (χ2v) is 5.38. The molecule has 0 radical (unpaired) electrons. The van der Waals surface area contributed by atoms with E-state index in [-0.39, 0.29) is 11.8 Å². The van der Waals surface area contributed by atoms with E-state index in [0.717, 1.165) is 23.1 Å². The summed E-state index contributed by atoms with van der Waals surface area (Å²) in [5.74, 6) is 0.859. The number of carbonyl (C=O) groups excluding carboxylic acids is 1. The van der Waals surface area contributed by atoms with Gasteiger partial charge in [-0.1, -0.05) is 11.3 Å². The minimum atomic E-state index is 0.0565. The number of anilines is 2. The zero-order chi connectivity index (χ0) is 12.7. The molecule has 0 spiro atoms. The van der Waals surface area contributed by atoms with Crippen LogP contribution in [0.1, 0.15) is 12.8 Å². The van der Waals surface area contributed by atoms with Crippen molar-refractivity contribution in [1.29, 1.82) is 0 Å². The lowest BCUT2D eigenvalue weighted by atomic mass is 10.3. The van der Waals surface area contributed by atoms with E-state index in [9.17, 15) is 4.79 Å². The lowest BCUT2D eigenvalue weighted by Gasteiger charge is -2.01. The predicted octanol–water partition coefficient (Wildman–Crippen LogP) is 2.24. The summed E-state index contributed by atoms with van der Waals surface area (Å²) >= 11 is 1.41. The second-order valence-electron chi connectivity index (χ2n) is 4.35. The van der Waals surface area contributed by atoms with Crippen molar-refractivity contribution in [3.8, 4) is 5.75 Å². The summed E-state index contributed by atoms with van der Waals surface area (Å²) in [7, 11) is 1.58. The number of hydrogen-bond donors (Lipinski definition) is 2. The van der Waals surface area contributed by atoms with Gasteiger partial charge in [-0.3, -0.25) is 4.79 Å². The molecule has 1 aliphatic rings. The average molecular weight is 263 g/mol. The Bertz CT molecular complexity index is 619. The lowest BCUT2D eigenvalue weighted by molar-refractivity contribution is -0.117. The fourth-order valence-electron chi connectivity index (χ4n) is 1.78. The maximum Gasteiger partial charge on any atom is 0.229 e. The Kier molecular flexibility index (Phi) is 2.59. The van der Waals surface area contributed by atoms with Gasteiger partial charge >= 0.3 is 0 Å². The monoisotopic (exact) mass is 263 g/mol. The van der Waals surface area contributed by atoms with Gasteiger partial charge in [0.05, 0.1) is 11.8 Å². The minimum Gasteiger partial charge on any atom is -0.494 e. The third-order valence-corrected chi connectivity index (χ3v) is 3.80. The summed E-state index contributed by atoms with van der Waals surface area (Å²) < 4.78 is 6.15. The van der Waals surface area contributed by atoms with Gasteiger partial charge in [0.1, 0.15) is 11.3 Å². The molecule has 1 aromatic carbocycles. The van der Waals surface area contributed by atoms with E-state index in [1.54, 1.807) is 13.2 Å². The highest BCUT2D eigenvalue weighted by Gasteiger charge is 2.30. The minimum absolute atomic E-state index is 0.0565. The lowest BCUT2D eigenvalue weighted by Crippen LogP contribution is -2.12. The molecule has 3 N–H and O–H groups in total. The second kappa shape index (κ2) is 4.13. The molecule has 2 aromatic rings. The maximum absolute atomic E-state index is 11.7. The van der Waals surface area contributed by atoms with Crippen molar-refractivity contribution < 1.29 is 9.53 Å². The number of benzene rings is 1. The summed E-state index contributed by atoms with van der Waals surface area (Å²) in [4.78, 5) is 16.1. The fraction of sp³-hybridized carbons (Fsp3) is 0.333. The third-order valence-electron chi connectivity index (χ3n) is 2.88. The molecule has 5 nitrogen and oxygen atoms in total. The summed E-state index contributed by atoms with van der Waals surface area (Å²) in [6.45, 7) is 0. The normalized spacial score (nSPS) is 14.7. The molecule has 0 bridgehead atoms. The van der Waals surface area contributed by atoms with Gasteiger partial charge in [0.15, 0.2) is 5.13 Å². The molecule has 1 fully saturated rings. The van der Waals surface area contributed by atoms with Crippen LogP contribution in [0.5, 0.6) is 5.75 Å². The number of hydrogen-bond acceptors (Lipinski definition) is 5. The molecule has 1 aromatic heterocycles. The quantitative estimate of drug-likeness (QED) is 0.832. The zero-order valence-electron chi connectivity index (χ0n) is 9.90. The van der Waals surface area contributed by atoms with Crippen LogP contribution < -0.4 is 15.8 Å². The molecule has 1 saturated carbocycles. The van der Waals surface area contributed by atoms with Crippen molar-refractivity contribution >= 4 is 38.3 Å². The first kappa shape index (κ1) is 11.3. The van der Waals surface area contributed by atoms with Crippen LogP contribution in [0.4, 0.5) is 10.8 Å². The van der Waals surface area contributed by atoms with E-state index in [1.807, 2.05) is 6.07 Å². The van der Waals surface area contributed by atoms with Gasteiger partial charge in [0.25, 0.3) is 0 Å². The summed E-state index contributed by atoms with van der Waals surface area (Å²) in [6.07, 6.45) is 1.96. The van der Waals surface area contributed by atoms with Crippen LogP contribution in [0, 0.1) is 5.92 Å². The zero-order valence-corrected chi connectivity index (χ0v) is 10.7. The summed E-state index contributed by atoms with van der Waals surface area (Å²) in [5, 5.41) is 3.44. The number of thiazole rings is 1. The molecule has 1 amide bonds. The molecule has 0 aliphatic heterocycles. The molecule has 0 atom stereocenters. The highest BCUT2D eigenvalue weighted by atomic mass is 32.1. The molecule has 1 heterocycles. The van der Waals surface area contributed by atoms with Gasteiger partial charge in [0, 0.05) is 17.7 Å². The Morgan fingerprint density at radius 3 is 3.00 bits per heavy atom. The number of aromatic nitrogens is 1. The van der Waals surface area contributed by atoms with E-state index in [0.29, 0.717) is 16.6 Å². The van der Waals surface area contributed by atoms with E-state index < -0.39 is 0 Å². The number of nitrogens with two attached hydrogens (primary N) is 1.